The minimum absolute atomic E-state index is 0.0214. The fourth-order valence-electron chi connectivity index (χ4n) is 2.48. The number of aliphatic hydroxyl groups excluding tert-OH is 1. The molecule has 0 saturated carbocycles. The first-order chi connectivity index (χ1) is 9.36. The predicted molar refractivity (Wildman–Crippen MR) is 75.8 cm³/mol. The second-order valence-corrected chi connectivity index (χ2v) is 7.64. The molecule has 2 atom stereocenters. The third kappa shape index (κ3) is 2.89. The summed E-state index contributed by atoms with van der Waals surface area (Å²) in [5, 5.41) is 9.36. The highest BCUT2D eigenvalue weighted by molar-refractivity contribution is 7.89. The van der Waals surface area contributed by atoms with Crippen molar-refractivity contribution in [1.29, 1.82) is 0 Å². The Hall–Kier alpha value is -0.920. The van der Waals surface area contributed by atoms with E-state index in [1.807, 2.05) is 20.8 Å². The molecule has 7 heteroatoms. The van der Waals surface area contributed by atoms with Crippen molar-refractivity contribution < 1.29 is 13.5 Å². The number of piperidine rings is 1. The van der Waals surface area contributed by atoms with Crippen LogP contribution in [0.1, 0.15) is 39.7 Å². The van der Waals surface area contributed by atoms with Crippen LogP contribution in [-0.4, -0.2) is 46.6 Å². The Morgan fingerprint density at radius 1 is 1.45 bits per heavy atom. The maximum absolute atomic E-state index is 12.7. The molecule has 2 rings (SSSR count). The molecule has 1 N–H and O–H groups in total. The molecule has 0 bridgehead atoms. The number of aliphatic hydroxyl groups is 1. The van der Waals surface area contributed by atoms with Crippen molar-refractivity contribution in [3.05, 3.63) is 12.5 Å². The maximum atomic E-state index is 12.7. The molecule has 1 aliphatic rings. The molecule has 0 aromatic carbocycles. The smallest absolute Gasteiger partial charge is 0.262 e. The number of aromatic nitrogens is 2. The van der Waals surface area contributed by atoms with Crippen molar-refractivity contribution in [3.8, 4) is 0 Å². The number of hydrogen-bond donors (Lipinski definition) is 1. The highest BCUT2D eigenvalue weighted by atomic mass is 32.2. The van der Waals surface area contributed by atoms with Gasteiger partial charge in [0.1, 0.15) is 0 Å². The zero-order valence-corrected chi connectivity index (χ0v) is 13.0. The minimum atomic E-state index is -3.58. The molecular weight excluding hydrogens is 278 g/mol. The van der Waals surface area contributed by atoms with Crippen LogP contribution >= 0.6 is 0 Å². The van der Waals surface area contributed by atoms with E-state index in [2.05, 4.69) is 4.98 Å². The predicted octanol–water partition coefficient (Wildman–Crippen LogP) is 1.25. The van der Waals surface area contributed by atoms with E-state index in [1.54, 1.807) is 17.1 Å². The van der Waals surface area contributed by atoms with E-state index in [1.165, 1.54) is 4.31 Å². The first-order valence-corrected chi connectivity index (χ1v) is 8.46. The SMILES string of the molecule is CC1CCC(CO)CN1S(=O)(=O)c1cn(C(C)C)cn1. The van der Waals surface area contributed by atoms with Gasteiger partial charge in [-0.05, 0) is 39.5 Å². The van der Waals surface area contributed by atoms with Gasteiger partial charge in [-0.2, -0.15) is 4.31 Å². The molecule has 0 spiro atoms. The molecule has 6 nitrogen and oxygen atoms in total. The van der Waals surface area contributed by atoms with Gasteiger partial charge in [-0.15, -0.1) is 0 Å². The van der Waals surface area contributed by atoms with Gasteiger partial charge in [0.2, 0.25) is 0 Å². The lowest BCUT2D eigenvalue weighted by molar-refractivity contribution is 0.139. The second kappa shape index (κ2) is 5.83. The molecular formula is C13H23N3O3S. The van der Waals surface area contributed by atoms with Gasteiger partial charge in [-0.3, -0.25) is 0 Å². The van der Waals surface area contributed by atoms with Crippen molar-refractivity contribution in [1.82, 2.24) is 13.9 Å². The van der Waals surface area contributed by atoms with Crippen LogP contribution in [0.5, 0.6) is 0 Å². The molecule has 1 saturated heterocycles. The molecule has 0 aliphatic carbocycles. The molecule has 0 amide bonds. The van der Waals surface area contributed by atoms with Gasteiger partial charge in [-0.25, -0.2) is 13.4 Å². The van der Waals surface area contributed by atoms with Crippen molar-refractivity contribution in [2.24, 2.45) is 5.92 Å². The fourth-order valence-corrected chi connectivity index (χ4v) is 4.15. The summed E-state index contributed by atoms with van der Waals surface area (Å²) in [7, 11) is -3.58. The van der Waals surface area contributed by atoms with E-state index in [0.29, 0.717) is 6.54 Å². The Balaban J connectivity index is 2.27. The summed E-state index contributed by atoms with van der Waals surface area (Å²) in [5.41, 5.74) is 0. The molecule has 1 aromatic rings. The Bertz CT molecular complexity index is 553. The van der Waals surface area contributed by atoms with Gasteiger partial charge in [0.15, 0.2) is 5.03 Å². The van der Waals surface area contributed by atoms with Crippen LogP contribution in [0.15, 0.2) is 17.6 Å². The topological polar surface area (TPSA) is 75.4 Å². The summed E-state index contributed by atoms with van der Waals surface area (Å²) in [6.07, 6.45) is 4.77. The van der Waals surface area contributed by atoms with E-state index in [9.17, 15) is 13.5 Å². The maximum Gasteiger partial charge on any atom is 0.262 e. The zero-order chi connectivity index (χ0) is 14.9. The van der Waals surface area contributed by atoms with Crippen molar-refractivity contribution in [3.63, 3.8) is 0 Å². The number of rotatable bonds is 4. The quantitative estimate of drug-likeness (QED) is 0.908. The number of nitrogens with zero attached hydrogens (tertiary/aromatic N) is 3. The Labute approximate surface area is 120 Å². The highest BCUT2D eigenvalue weighted by Crippen LogP contribution is 2.27. The van der Waals surface area contributed by atoms with Gasteiger partial charge < -0.3 is 9.67 Å². The first kappa shape index (κ1) is 15.5. The minimum Gasteiger partial charge on any atom is -0.396 e. The Kier molecular flexibility index (Phi) is 4.51. The summed E-state index contributed by atoms with van der Waals surface area (Å²) in [4.78, 5) is 4.04. The van der Waals surface area contributed by atoms with E-state index in [0.717, 1.165) is 12.8 Å². The number of sulfonamides is 1. The third-order valence-electron chi connectivity index (χ3n) is 3.93. The van der Waals surface area contributed by atoms with Crippen LogP contribution in [0.25, 0.3) is 0 Å². The second-order valence-electron chi connectivity index (χ2n) is 5.80. The van der Waals surface area contributed by atoms with Crippen LogP contribution in [0, 0.1) is 5.92 Å². The van der Waals surface area contributed by atoms with Gasteiger partial charge >= 0.3 is 0 Å². The van der Waals surface area contributed by atoms with Gasteiger partial charge in [-0.1, -0.05) is 0 Å². The number of hydrogen-bond acceptors (Lipinski definition) is 4. The average molecular weight is 301 g/mol. The fraction of sp³-hybridized carbons (Fsp3) is 0.769. The summed E-state index contributed by atoms with van der Waals surface area (Å²) < 4.78 is 28.6. The number of imidazole rings is 1. The summed E-state index contributed by atoms with van der Waals surface area (Å²) in [5.74, 6) is 0.0214. The van der Waals surface area contributed by atoms with Crippen LogP contribution in [-0.2, 0) is 10.0 Å². The summed E-state index contributed by atoms with van der Waals surface area (Å²) >= 11 is 0. The molecule has 1 aliphatic heterocycles. The van der Waals surface area contributed by atoms with Gasteiger partial charge in [0.05, 0.1) is 6.33 Å². The lowest BCUT2D eigenvalue weighted by atomic mass is 9.96. The standard InChI is InChI=1S/C13H23N3O3S/c1-10(2)15-7-13(14-9-15)20(18,19)16-6-12(8-17)5-4-11(16)3/h7,9-12,17H,4-6,8H2,1-3H3. The van der Waals surface area contributed by atoms with E-state index in [-0.39, 0.29) is 29.6 Å². The average Bonchev–Trinajstić information content (AvgIpc) is 2.89. The van der Waals surface area contributed by atoms with Crippen LogP contribution in [0.4, 0.5) is 0 Å². The Morgan fingerprint density at radius 2 is 2.15 bits per heavy atom. The van der Waals surface area contributed by atoms with Crippen LogP contribution in [0.3, 0.4) is 0 Å². The molecule has 2 unspecified atom stereocenters. The third-order valence-corrected chi connectivity index (χ3v) is 5.79. The lowest BCUT2D eigenvalue weighted by Gasteiger charge is -2.35. The van der Waals surface area contributed by atoms with Crippen LogP contribution < -0.4 is 0 Å². The summed E-state index contributed by atoms with van der Waals surface area (Å²) in [6.45, 7) is 6.26. The first-order valence-electron chi connectivity index (χ1n) is 7.02. The summed E-state index contributed by atoms with van der Waals surface area (Å²) in [6, 6.07) is 0.127. The van der Waals surface area contributed by atoms with E-state index >= 15 is 0 Å². The Morgan fingerprint density at radius 3 is 2.70 bits per heavy atom. The van der Waals surface area contributed by atoms with Gasteiger partial charge in [0.25, 0.3) is 10.0 Å². The largest absolute Gasteiger partial charge is 0.396 e. The van der Waals surface area contributed by atoms with Crippen molar-refractivity contribution in [2.45, 2.75) is 50.7 Å². The van der Waals surface area contributed by atoms with E-state index < -0.39 is 10.0 Å². The molecule has 1 fully saturated rings. The molecule has 114 valence electrons. The highest BCUT2D eigenvalue weighted by Gasteiger charge is 2.35. The van der Waals surface area contributed by atoms with Crippen molar-refractivity contribution >= 4 is 10.0 Å². The lowest BCUT2D eigenvalue weighted by Crippen LogP contribution is -2.46. The van der Waals surface area contributed by atoms with E-state index in [4.69, 9.17) is 0 Å². The van der Waals surface area contributed by atoms with Crippen LogP contribution in [0.2, 0.25) is 0 Å². The molecule has 1 aromatic heterocycles. The van der Waals surface area contributed by atoms with Crippen molar-refractivity contribution in [2.75, 3.05) is 13.2 Å². The molecule has 0 radical (unpaired) electrons. The zero-order valence-electron chi connectivity index (χ0n) is 12.2. The normalized spacial score (nSPS) is 25.2. The molecule has 2 heterocycles. The monoisotopic (exact) mass is 301 g/mol. The van der Waals surface area contributed by atoms with Gasteiger partial charge in [0, 0.05) is 31.4 Å². The molecule has 20 heavy (non-hydrogen) atoms.